The minimum Gasteiger partial charge on any atom is -0.493 e. The summed E-state index contributed by atoms with van der Waals surface area (Å²) in [5.41, 5.74) is 5.63. The molecule has 158 valence electrons. The average Bonchev–Trinajstić information content (AvgIpc) is 2.97. The van der Waals surface area contributed by atoms with Crippen LogP contribution >= 0.6 is 11.8 Å². The maximum Gasteiger partial charge on any atom is 0.273 e. The molecule has 1 fully saturated rings. The Morgan fingerprint density at radius 3 is 2.50 bits per heavy atom. The Morgan fingerprint density at radius 2 is 1.87 bits per heavy atom. The highest BCUT2D eigenvalue weighted by molar-refractivity contribution is 8.01. The van der Waals surface area contributed by atoms with Crippen LogP contribution in [-0.2, 0) is 9.59 Å². The number of hydrogen-bond acceptors (Lipinski definition) is 5. The minimum atomic E-state index is -0.451. The summed E-state index contributed by atoms with van der Waals surface area (Å²) in [6, 6.07) is 12.7. The van der Waals surface area contributed by atoms with Gasteiger partial charge in [-0.3, -0.25) is 19.8 Å². The number of benzene rings is 2. The lowest BCUT2D eigenvalue weighted by Crippen LogP contribution is -2.45. The zero-order valence-corrected chi connectivity index (χ0v) is 18.2. The van der Waals surface area contributed by atoms with Crippen LogP contribution in [0.4, 0.5) is 5.69 Å². The molecule has 2 aromatic carbocycles. The Bertz CT molecular complexity index is 961. The van der Waals surface area contributed by atoms with E-state index in [1.54, 1.807) is 18.2 Å². The molecule has 0 spiro atoms. The molecule has 0 radical (unpaired) electrons. The van der Waals surface area contributed by atoms with E-state index in [1.165, 1.54) is 23.7 Å². The molecule has 2 atom stereocenters. The van der Waals surface area contributed by atoms with Crippen molar-refractivity contribution in [3.05, 3.63) is 59.2 Å². The Labute approximate surface area is 180 Å². The highest BCUT2D eigenvalue weighted by Gasteiger charge is 2.40. The summed E-state index contributed by atoms with van der Waals surface area (Å²) >= 11 is 1.48. The zero-order valence-electron chi connectivity index (χ0n) is 17.4. The number of thioether (sulfide) groups is 1. The summed E-state index contributed by atoms with van der Waals surface area (Å²) in [4.78, 5) is 37.1. The van der Waals surface area contributed by atoms with Crippen LogP contribution in [0.5, 0.6) is 5.75 Å². The van der Waals surface area contributed by atoms with Gasteiger partial charge in [-0.15, -0.1) is 11.8 Å². The predicted octanol–water partition coefficient (Wildman–Crippen LogP) is 3.66. The van der Waals surface area contributed by atoms with Gasteiger partial charge in [0.2, 0.25) is 5.91 Å². The molecule has 1 aliphatic rings. The third-order valence-corrected chi connectivity index (χ3v) is 5.93. The fourth-order valence-electron chi connectivity index (χ4n) is 3.13. The van der Waals surface area contributed by atoms with Gasteiger partial charge in [0.05, 0.1) is 17.4 Å². The molecule has 0 saturated carbocycles. The molecule has 3 rings (SSSR count). The number of nitrogens with one attached hydrogen (secondary N) is 2. The van der Waals surface area contributed by atoms with Crippen molar-refractivity contribution in [2.24, 2.45) is 0 Å². The van der Waals surface area contributed by atoms with Crippen LogP contribution in [0.1, 0.15) is 47.6 Å². The summed E-state index contributed by atoms with van der Waals surface area (Å²) in [5.74, 6) is -0.496. The van der Waals surface area contributed by atoms with Gasteiger partial charge >= 0.3 is 0 Å². The Balaban J connectivity index is 1.86. The highest BCUT2D eigenvalue weighted by atomic mass is 32.2. The number of nitrogens with zero attached hydrogens (tertiary/aromatic N) is 1. The maximum atomic E-state index is 13.0. The molecule has 2 N–H and O–H groups in total. The lowest BCUT2D eigenvalue weighted by molar-refractivity contribution is -0.132. The molecule has 2 aromatic rings. The second-order valence-electron chi connectivity index (χ2n) is 7.02. The van der Waals surface area contributed by atoms with Crippen LogP contribution in [0.2, 0.25) is 0 Å². The standard InChI is InChI=1S/C22H25N3O4S/c1-5-29-19-12-17(23-15(4)26)10-11-18(19)20(27)24-25-21(28)14(3)30-22(25)16-8-6-13(2)7-9-16/h6-12,14,22H,5H2,1-4H3,(H,23,26)(H,24,27). The quantitative estimate of drug-likeness (QED) is 0.735. The van der Waals surface area contributed by atoms with Gasteiger partial charge in [0.25, 0.3) is 11.8 Å². The normalized spacial score (nSPS) is 18.3. The van der Waals surface area contributed by atoms with Crippen LogP contribution in [-0.4, -0.2) is 34.6 Å². The van der Waals surface area contributed by atoms with Gasteiger partial charge in [-0.1, -0.05) is 29.8 Å². The fraction of sp³-hybridized carbons (Fsp3) is 0.318. The minimum absolute atomic E-state index is 0.160. The number of anilines is 1. The van der Waals surface area contributed by atoms with E-state index in [2.05, 4.69) is 10.7 Å². The highest BCUT2D eigenvalue weighted by Crippen LogP contribution is 2.42. The SMILES string of the molecule is CCOc1cc(NC(C)=O)ccc1C(=O)NN1C(=O)C(C)SC1c1ccc(C)cc1. The zero-order chi connectivity index (χ0) is 21.8. The number of carbonyl (C=O) groups excluding carboxylic acids is 3. The molecule has 2 unspecified atom stereocenters. The number of rotatable bonds is 6. The first-order valence-corrected chi connectivity index (χ1v) is 10.6. The van der Waals surface area contributed by atoms with Gasteiger partial charge in [-0.2, -0.15) is 0 Å². The smallest absolute Gasteiger partial charge is 0.273 e. The number of hydrogen-bond donors (Lipinski definition) is 2. The van der Waals surface area contributed by atoms with Crippen LogP contribution in [0, 0.1) is 6.92 Å². The summed E-state index contributed by atoms with van der Waals surface area (Å²) in [7, 11) is 0. The van der Waals surface area contributed by atoms with Crippen molar-refractivity contribution in [1.82, 2.24) is 10.4 Å². The largest absolute Gasteiger partial charge is 0.493 e. The third-order valence-electron chi connectivity index (χ3n) is 4.58. The first-order chi connectivity index (χ1) is 14.3. The molecule has 3 amide bonds. The van der Waals surface area contributed by atoms with Gasteiger partial charge in [-0.25, -0.2) is 5.01 Å². The molecular formula is C22H25N3O4S. The summed E-state index contributed by atoms with van der Waals surface area (Å²) in [6.07, 6.45) is 0. The Kier molecular flexibility index (Phi) is 6.66. The Morgan fingerprint density at radius 1 is 1.17 bits per heavy atom. The van der Waals surface area contributed by atoms with E-state index in [0.717, 1.165) is 11.1 Å². The van der Waals surface area contributed by atoms with Gasteiger partial charge in [0.1, 0.15) is 11.1 Å². The first-order valence-electron chi connectivity index (χ1n) is 9.70. The van der Waals surface area contributed by atoms with Crippen molar-refractivity contribution in [2.45, 2.75) is 38.3 Å². The number of carbonyl (C=O) groups is 3. The molecule has 1 heterocycles. The predicted molar refractivity (Wildman–Crippen MR) is 117 cm³/mol. The van der Waals surface area contributed by atoms with E-state index in [4.69, 9.17) is 4.74 Å². The van der Waals surface area contributed by atoms with Crippen LogP contribution in [0.3, 0.4) is 0 Å². The van der Waals surface area contributed by atoms with E-state index < -0.39 is 5.91 Å². The van der Waals surface area contributed by atoms with Gasteiger partial charge in [0, 0.05) is 18.7 Å². The van der Waals surface area contributed by atoms with Crippen molar-refractivity contribution in [3.8, 4) is 5.75 Å². The fourth-order valence-corrected chi connectivity index (χ4v) is 4.34. The number of hydrazine groups is 1. The maximum absolute atomic E-state index is 13.0. The van der Waals surface area contributed by atoms with Gasteiger partial charge < -0.3 is 10.1 Å². The summed E-state index contributed by atoms with van der Waals surface area (Å²) in [5, 5.41) is 3.47. The van der Waals surface area contributed by atoms with E-state index in [1.807, 2.05) is 45.0 Å². The number of amides is 3. The summed E-state index contributed by atoms with van der Waals surface area (Å²) < 4.78 is 5.60. The molecule has 8 heteroatoms. The van der Waals surface area contributed by atoms with Crippen molar-refractivity contribution in [3.63, 3.8) is 0 Å². The molecule has 30 heavy (non-hydrogen) atoms. The van der Waals surface area contributed by atoms with Crippen molar-refractivity contribution >= 4 is 35.2 Å². The van der Waals surface area contributed by atoms with E-state index in [-0.39, 0.29) is 28.0 Å². The van der Waals surface area contributed by atoms with E-state index >= 15 is 0 Å². The Hall–Kier alpha value is -3.00. The lowest BCUT2D eigenvalue weighted by Gasteiger charge is -2.25. The molecule has 1 saturated heterocycles. The van der Waals surface area contributed by atoms with Gasteiger partial charge in [0.15, 0.2) is 0 Å². The lowest BCUT2D eigenvalue weighted by atomic mass is 10.1. The van der Waals surface area contributed by atoms with Crippen molar-refractivity contribution in [2.75, 3.05) is 11.9 Å². The number of ether oxygens (including phenoxy) is 1. The van der Waals surface area contributed by atoms with Crippen LogP contribution in [0.15, 0.2) is 42.5 Å². The molecule has 1 aliphatic heterocycles. The molecular weight excluding hydrogens is 402 g/mol. The summed E-state index contributed by atoms with van der Waals surface area (Å²) in [6.45, 7) is 7.39. The van der Waals surface area contributed by atoms with Crippen molar-refractivity contribution < 1.29 is 19.1 Å². The first kappa shape index (κ1) is 21.7. The third kappa shape index (κ3) is 4.76. The topological polar surface area (TPSA) is 87.7 Å². The average molecular weight is 428 g/mol. The molecule has 0 bridgehead atoms. The molecule has 0 aromatic heterocycles. The van der Waals surface area contributed by atoms with Gasteiger partial charge in [-0.05, 0) is 38.5 Å². The number of aryl methyl sites for hydroxylation is 1. The molecule has 7 nitrogen and oxygen atoms in total. The van der Waals surface area contributed by atoms with Crippen molar-refractivity contribution in [1.29, 1.82) is 0 Å². The van der Waals surface area contributed by atoms with Crippen LogP contribution < -0.4 is 15.5 Å². The second-order valence-corrected chi connectivity index (χ2v) is 8.44. The second kappa shape index (κ2) is 9.21. The molecule has 0 aliphatic carbocycles. The van der Waals surface area contributed by atoms with E-state index in [0.29, 0.717) is 18.0 Å². The van der Waals surface area contributed by atoms with Crippen LogP contribution in [0.25, 0.3) is 0 Å². The van der Waals surface area contributed by atoms with E-state index in [9.17, 15) is 14.4 Å². The monoisotopic (exact) mass is 427 g/mol.